The van der Waals surface area contributed by atoms with Gasteiger partial charge in [0.05, 0.1) is 22.8 Å². The molecule has 25 heavy (non-hydrogen) atoms. The highest BCUT2D eigenvalue weighted by molar-refractivity contribution is 6.31. The normalized spacial score (nSPS) is 15.2. The summed E-state index contributed by atoms with van der Waals surface area (Å²) < 4.78 is 1.68. The molecule has 0 spiro atoms. The van der Waals surface area contributed by atoms with E-state index >= 15 is 0 Å². The summed E-state index contributed by atoms with van der Waals surface area (Å²) in [6.07, 6.45) is 8.19. The number of aromatic nitrogens is 4. The predicted molar refractivity (Wildman–Crippen MR) is 96.4 cm³/mol. The zero-order valence-corrected chi connectivity index (χ0v) is 14.9. The Morgan fingerprint density at radius 2 is 2.16 bits per heavy atom. The fraction of sp³-hybridized carbons (Fsp3) is 0.444. The van der Waals surface area contributed by atoms with Crippen LogP contribution in [0.4, 0.5) is 0 Å². The zero-order chi connectivity index (χ0) is 17.6. The number of hydrogen-bond donors (Lipinski definition) is 0. The minimum absolute atomic E-state index is 0.413. The monoisotopic (exact) mass is 356 g/mol. The summed E-state index contributed by atoms with van der Waals surface area (Å²) in [4.78, 5) is 2.38. The Morgan fingerprint density at radius 3 is 2.88 bits per heavy atom. The third kappa shape index (κ3) is 4.06. The summed E-state index contributed by atoms with van der Waals surface area (Å²) in [5, 5.41) is 21.7. The molecule has 2 aromatic rings. The average Bonchev–Trinajstić information content (AvgIpc) is 3.11. The van der Waals surface area contributed by atoms with Crippen molar-refractivity contribution in [2.24, 2.45) is 0 Å². The Bertz CT molecular complexity index is 772. The molecular weight excluding hydrogens is 336 g/mol. The fourth-order valence-electron chi connectivity index (χ4n) is 3.37. The topological polar surface area (TPSA) is 70.6 Å². The van der Waals surface area contributed by atoms with Crippen LogP contribution in [-0.2, 0) is 6.54 Å². The van der Waals surface area contributed by atoms with Gasteiger partial charge in [-0.05, 0) is 41.5 Å². The van der Waals surface area contributed by atoms with Gasteiger partial charge in [-0.2, -0.15) is 9.94 Å². The van der Waals surface area contributed by atoms with Crippen molar-refractivity contribution in [2.45, 2.75) is 44.7 Å². The van der Waals surface area contributed by atoms with E-state index < -0.39 is 0 Å². The van der Waals surface area contributed by atoms with Gasteiger partial charge in [-0.3, -0.25) is 4.90 Å². The number of hydrogen-bond acceptors (Lipinski definition) is 5. The molecule has 0 N–H and O–H groups in total. The number of nitriles is 1. The van der Waals surface area contributed by atoms with Crippen LogP contribution in [-0.4, -0.2) is 37.7 Å². The molecule has 0 bridgehead atoms. The molecule has 1 saturated carbocycles. The van der Waals surface area contributed by atoms with Crippen LogP contribution in [0.5, 0.6) is 0 Å². The second kappa shape index (κ2) is 8.24. The molecule has 1 aromatic carbocycles. The molecule has 1 fully saturated rings. The molecule has 0 aliphatic heterocycles. The lowest BCUT2D eigenvalue weighted by Gasteiger charge is -2.33. The van der Waals surface area contributed by atoms with Crippen molar-refractivity contribution >= 4 is 11.6 Å². The lowest BCUT2D eigenvalue weighted by atomic mass is 9.94. The second-order valence-corrected chi connectivity index (χ2v) is 6.70. The number of nitrogens with zero attached hydrogens (tertiary/aromatic N) is 6. The first-order valence-corrected chi connectivity index (χ1v) is 8.93. The van der Waals surface area contributed by atoms with Gasteiger partial charge in [-0.1, -0.05) is 36.9 Å². The molecule has 0 unspecified atom stereocenters. The Balaban J connectivity index is 1.85. The third-order valence-electron chi connectivity index (χ3n) is 4.65. The van der Waals surface area contributed by atoms with Gasteiger partial charge in [0.2, 0.25) is 0 Å². The highest BCUT2D eigenvalue weighted by atomic mass is 35.5. The van der Waals surface area contributed by atoms with Crippen LogP contribution < -0.4 is 0 Å². The minimum atomic E-state index is 0.413. The predicted octanol–water partition coefficient (Wildman–Crippen LogP) is 3.51. The zero-order valence-electron chi connectivity index (χ0n) is 14.1. The Morgan fingerprint density at radius 1 is 1.36 bits per heavy atom. The number of rotatable bonds is 6. The van der Waals surface area contributed by atoms with E-state index in [1.165, 1.54) is 32.1 Å². The maximum Gasteiger partial charge on any atom is 0.170 e. The van der Waals surface area contributed by atoms with E-state index in [2.05, 4.69) is 33.1 Å². The number of tetrazole rings is 1. The summed E-state index contributed by atoms with van der Waals surface area (Å²) in [5.41, 5.74) is 1.15. The highest BCUT2D eigenvalue weighted by Crippen LogP contribution is 2.24. The van der Waals surface area contributed by atoms with Gasteiger partial charge in [-0.15, -0.1) is 11.7 Å². The van der Waals surface area contributed by atoms with Crippen LogP contribution in [0, 0.1) is 11.3 Å². The van der Waals surface area contributed by atoms with Gasteiger partial charge in [0, 0.05) is 12.6 Å². The van der Waals surface area contributed by atoms with Crippen molar-refractivity contribution in [2.75, 3.05) is 6.54 Å². The van der Waals surface area contributed by atoms with Gasteiger partial charge in [-0.25, -0.2) is 0 Å². The number of benzene rings is 1. The van der Waals surface area contributed by atoms with Crippen molar-refractivity contribution in [1.29, 1.82) is 5.26 Å². The van der Waals surface area contributed by atoms with E-state index in [0.717, 1.165) is 18.1 Å². The van der Waals surface area contributed by atoms with E-state index in [1.807, 2.05) is 12.1 Å². The Hall–Kier alpha value is -2.23. The molecule has 130 valence electrons. The van der Waals surface area contributed by atoms with Crippen molar-refractivity contribution in [3.05, 3.63) is 47.3 Å². The van der Waals surface area contributed by atoms with E-state index in [-0.39, 0.29) is 0 Å². The quantitative estimate of drug-likeness (QED) is 0.741. The lowest BCUT2D eigenvalue weighted by molar-refractivity contribution is 0.160. The van der Waals surface area contributed by atoms with Gasteiger partial charge >= 0.3 is 0 Å². The first-order chi connectivity index (χ1) is 12.2. The van der Waals surface area contributed by atoms with Gasteiger partial charge in [0.15, 0.2) is 5.82 Å². The van der Waals surface area contributed by atoms with E-state index in [9.17, 15) is 5.26 Å². The van der Waals surface area contributed by atoms with Gasteiger partial charge in [0.1, 0.15) is 6.07 Å². The summed E-state index contributed by atoms with van der Waals surface area (Å²) in [6.45, 7) is 5.34. The molecule has 7 heteroatoms. The molecule has 1 heterocycles. The highest BCUT2D eigenvalue weighted by Gasteiger charge is 2.22. The van der Waals surface area contributed by atoms with E-state index in [4.69, 9.17) is 11.6 Å². The van der Waals surface area contributed by atoms with E-state index in [0.29, 0.717) is 23.2 Å². The van der Waals surface area contributed by atoms with Crippen LogP contribution in [0.15, 0.2) is 30.9 Å². The summed E-state index contributed by atoms with van der Waals surface area (Å²) in [5.74, 6) is 0.749. The van der Waals surface area contributed by atoms with Crippen LogP contribution >= 0.6 is 11.6 Å². The summed E-state index contributed by atoms with van der Waals surface area (Å²) >= 11 is 6.02. The molecule has 6 nitrogen and oxygen atoms in total. The minimum Gasteiger partial charge on any atom is -0.289 e. The molecule has 0 radical (unpaired) electrons. The SMILES string of the molecule is C=CCN(Cc1nnnn1-c1ccc(Cl)c(C#N)c1)C1CCCCC1. The first kappa shape index (κ1) is 17.6. The first-order valence-electron chi connectivity index (χ1n) is 8.55. The standard InChI is InChI=1S/C18H21ClN6/c1-2-10-24(15-6-4-3-5-7-15)13-18-21-22-23-25(18)16-8-9-17(19)14(11-16)12-20/h2,8-9,11,15H,1,3-7,10,13H2. The molecule has 3 rings (SSSR count). The number of halogens is 1. The maximum absolute atomic E-state index is 9.18. The summed E-state index contributed by atoms with van der Waals surface area (Å²) in [6, 6.07) is 7.86. The van der Waals surface area contributed by atoms with Gasteiger partial charge < -0.3 is 0 Å². The van der Waals surface area contributed by atoms with Crippen LogP contribution in [0.3, 0.4) is 0 Å². The van der Waals surface area contributed by atoms with Crippen molar-refractivity contribution < 1.29 is 0 Å². The van der Waals surface area contributed by atoms with Gasteiger partial charge in [0.25, 0.3) is 0 Å². The Kier molecular flexibility index (Phi) is 5.79. The molecule has 0 saturated heterocycles. The smallest absolute Gasteiger partial charge is 0.170 e. The molecule has 0 amide bonds. The largest absolute Gasteiger partial charge is 0.289 e. The molecule has 1 aliphatic carbocycles. The van der Waals surface area contributed by atoms with Crippen LogP contribution in [0.1, 0.15) is 43.5 Å². The average molecular weight is 357 g/mol. The maximum atomic E-state index is 9.18. The fourth-order valence-corrected chi connectivity index (χ4v) is 3.53. The molecular formula is C18H21ClN6. The second-order valence-electron chi connectivity index (χ2n) is 6.29. The lowest BCUT2D eigenvalue weighted by Crippen LogP contribution is -2.37. The molecule has 1 aliphatic rings. The molecule has 0 atom stereocenters. The van der Waals surface area contributed by atoms with Crippen molar-refractivity contribution in [3.8, 4) is 11.8 Å². The van der Waals surface area contributed by atoms with Crippen LogP contribution in [0.2, 0.25) is 5.02 Å². The van der Waals surface area contributed by atoms with Crippen LogP contribution in [0.25, 0.3) is 5.69 Å². The molecule has 1 aromatic heterocycles. The summed E-state index contributed by atoms with van der Waals surface area (Å²) in [7, 11) is 0. The van der Waals surface area contributed by atoms with Crippen molar-refractivity contribution in [1.82, 2.24) is 25.1 Å². The third-order valence-corrected chi connectivity index (χ3v) is 4.98. The Labute approximate surface area is 152 Å². The van der Waals surface area contributed by atoms with Crippen molar-refractivity contribution in [3.63, 3.8) is 0 Å². The van der Waals surface area contributed by atoms with E-state index in [1.54, 1.807) is 16.8 Å².